The molecule has 27 heavy (non-hydrogen) atoms. The number of benzene rings is 1. The Labute approximate surface area is 157 Å². The van der Waals surface area contributed by atoms with Crippen molar-refractivity contribution in [1.29, 1.82) is 0 Å². The molecule has 0 atom stereocenters. The Balaban J connectivity index is 1.47. The summed E-state index contributed by atoms with van der Waals surface area (Å²) < 4.78 is 1.64. The molecule has 0 radical (unpaired) electrons. The molecule has 1 amide bonds. The van der Waals surface area contributed by atoms with Crippen LogP contribution in [-0.4, -0.2) is 44.3 Å². The van der Waals surface area contributed by atoms with Crippen LogP contribution in [-0.2, 0) is 0 Å². The van der Waals surface area contributed by atoms with Gasteiger partial charge in [-0.1, -0.05) is 29.8 Å². The number of carbonyl (C=O) groups excluding carboxylic acids is 2. The van der Waals surface area contributed by atoms with Crippen molar-refractivity contribution < 1.29 is 9.59 Å². The molecule has 3 heterocycles. The highest BCUT2D eigenvalue weighted by Crippen LogP contribution is 2.24. The van der Waals surface area contributed by atoms with Crippen LogP contribution in [0.25, 0.3) is 5.65 Å². The molecule has 1 aliphatic heterocycles. The third-order valence-electron chi connectivity index (χ3n) is 5.27. The molecule has 1 fully saturated rings. The molecule has 0 N–H and O–H groups in total. The van der Waals surface area contributed by atoms with Gasteiger partial charge in [-0.05, 0) is 32.8 Å². The molecule has 0 aliphatic carbocycles. The van der Waals surface area contributed by atoms with Gasteiger partial charge in [0.1, 0.15) is 5.56 Å². The third-order valence-corrected chi connectivity index (χ3v) is 5.27. The second-order valence-electron chi connectivity index (χ2n) is 7.15. The summed E-state index contributed by atoms with van der Waals surface area (Å²) in [4.78, 5) is 31.9. The fraction of sp³-hybridized carbons (Fsp3) is 0.333. The molecule has 1 aliphatic rings. The number of carbonyl (C=O) groups is 2. The number of likely N-dealkylation sites (tertiary alicyclic amines) is 1. The lowest BCUT2D eigenvalue weighted by atomic mass is 9.88. The standard InChI is InChI=1S/C21H22N4O2/c1-14-4-6-16(7-5-14)19(26)17-8-12-24(13-9-17)21(27)18-15(2)23-25-11-3-10-22-20(18)25/h3-7,10-11,17H,8-9,12-13H2,1-2H3. The number of amides is 1. The average Bonchev–Trinajstić information content (AvgIpc) is 3.03. The van der Waals surface area contributed by atoms with Gasteiger partial charge in [-0.25, -0.2) is 9.50 Å². The Bertz CT molecular complexity index is 999. The van der Waals surface area contributed by atoms with Crippen LogP contribution in [0.3, 0.4) is 0 Å². The molecule has 1 saturated heterocycles. The lowest BCUT2D eigenvalue weighted by molar-refractivity contribution is 0.0651. The number of aryl methyl sites for hydroxylation is 2. The van der Waals surface area contributed by atoms with Crippen molar-refractivity contribution in [1.82, 2.24) is 19.5 Å². The van der Waals surface area contributed by atoms with E-state index < -0.39 is 0 Å². The minimum Gasteiger partial charge on any atom is -0.338 e. The topological polar surface area (TPSA) is 67.6 Å². The largest absolute Gasteiger partial charge is 0.338 e. The van der Waals surface area contributed by atoms with Crippen molar-refractivity contribution in [3.05, 3.63) is 65.1 Å². The van der Waals surface area contributed by atoms with Crippen molar-refractivity contribution in [2.24, 2.45) is 5.92 Å². The van der Waals surface area contributed by atoms with Gasteiger partial charge in [0.2, 0.25) is 0 Å². The Morgan fingerprint density at radius 1 is 1.07 bits per heavy atom. The van der Waals surface area contributed by atoms with Crippen molar-refractivity contribution in [3.63, 3.8) is 0 Å². The third kappa shape index (κ3) is 3.23. The maximum Gasteiger partial charge on any atom is 0.259 e. The first-order valence-electron chi connectivity index (χ1n) is 9.24. The van der Waals surface area contributed by atoms with Crippen molar-refractivity contribution in [2.45, 2.75) is 26.7 Å². The van der Waals surface area contributed by atoms with Gasteiger partial charge in [-0.3, -0.25) is 9.59 Å². The molecule has 138 valence electrons. The van der Waals surface area contributed by atoms with E-state index in [1.54, 1.807) is 23.0 Å². The highest BCUT2D eigenvalue weighted by molar-refractivity contribution is 6.01. The molecular weight excluding hydrogens is 340 g/mol. The van der Waals surface area contributed by atoms with Gasteiger partial charge in [-0.2, -0.15) is 5.10 Å². The summed E-state index contributed by atoms with van der Waals surface area (Å²) in [7, 11) is 0. The number of hydrogen-bond acceptors (Lipinski definition) is 4. The quantitative estimate of drug-likeness (QED) is 0.672. The second-order valence-corrected chi connectivity index (χ2v) is 7.15. The van der Waals surface area contributed by atoms with Gasteiger partial charge in [0, 0.05) is 37.0 Å². The summed E-state index contributed by atoms with van der Waals surface area (Å²) in [6, 6.07) is 9.50. The maximum atomic E-state index is 13.0. The van der Waals surface area contributed by atoms with E-state index >= 15 is 0 Å². The minimum absolute atomic E-state index is 0.0279. The predicted molar refractivity (Wildman–Crippen MR) is 102 cm³/mol. The summed E-state index contributed by atoms with van der Waals surface area (Å²) >= 11 is 0. The zero-order chi connectivity index (χ0) is 19.0. The molecule has 0 unspecified atom stereocenters. The Hall–Kier alpha value is -3.02. The molecule has 0 saturated carbocycles. The number of hydrogen-bond donors (Lipinski definition) is 0. The van der Waals surface area contributed by atoms with Crippen LogP contribution in [0.2, 0.25) is 0 Å². The zero-order valence-electron chi connectivity index (χ0n) is 15.6. The summed E-state index contributed by atoms with van der Waals surface area (Å²) in [6.07, 6.45) is 4.83. The first-order valence-corrected chi connectivity index (χ1v) is 9.24. The molecule has 3 aromatic rings. The SMILES string of the molecule is Cc1ccc(C(=O)C2CCN(C(=O)c3c(C)nn4cccnc34)CC2)cc1. The van der Waals surface area contributed by atoms with E-state index in [9.17, 15) is 9.59 Å². The molecule has 6 heteroatoms. The minimum atomic E-state index is -0.0533. The van der Waals surface area contributed by atoms with Gasteiger partial charge >= 0.3 is 0 Å². The molecule has 0 spiro atoms. The van der Waals surface area contributed by atoms with E-state index in [1.807, 2.05) is 43.0 Å². The number of nitrogens with zero attached hydrogens (tertiary/aromatic N) is 4. The van der Waals surface area contributed by atoms with Crippen LogP contribution in [0.1, 0.15) is 44.8 Å². The van der Waals surface area contributed by atoms with Crippen molar-refractivity contribution in [3.8, 4) is 0 Å². The molecule has 4 rings (SSSR count). The van der Waals surface area contributed by atoms with E-state index in [0.29, 0.717) is 42.8 Å². The maximum absolute atomic E-state index is 13.0. The van der Waals surface area contributed by atoms with Crippen LogP contribution < -0.4 is 0 Å². The summed E-state index contributed by atoms with van der Waals surface area (Å²) in [5.74, 6) is 0.0956. The van der Waals surface area contributed by atoms with E-state index in [4.69, 9.17) is 0 Å². The number of aromatic nitrogens is 3. The van der Waals surface area contributed by atoms with E-state index in [-0.39, 0.29) is 17.6 Å². The number of fused-ring (bicyclic) bond motifs is 1. The molecule has 1 aromatic carbocycles. The van der Waals surface area contributed by atoms with E-state index in [1.165, 1.54) is 0 Å². The Morgan fingerprint density at radius 3 is 2.48 bits per heavy atom. The van der Waals surface area contributed by atoms with Crippen molar-refractivity contribution in [2.75, 3.05) is 13.1 Å². The predicted octanol–water partition coefficient (Wildman–Crippen LogP) is 3.08. The summed E-state index contributed by atoms with van der Waals surface area (Å²) in [5.41, 5.74) is 3.71. The highest BCUT2D eigenvalue weighted by atomic mass is 16.2. The van der Waals surface area contributed by atoms with Crippen LogP contribution >= 0.6 is 0 Å². The van der Waals surface area contributed by atoms with Crippen LogP contribution in [0.5, 0.6) is 0 Å². The van der Waals surface area contributed by atoms with Gasteiger partial charge in [0.25, 0.3) is 5.91 Å². The second kappa shape index (κ2) is 6.95. The van der Waals surface area contributed by atoms with Gasteiger partial charge < -0.3 is 4.90 Å². The first-order chi connectivity index (χ1) is 13.0. The van der Waals surface area contributed by atoms with E-state index in [2.05, 4.69) is 10.1 Å². The fourth-order valence-corrected chi connectivity index (χ4v) is 3.70. The summed E-state index contributed by atoms with van der Waals surface area (Å²) in [5, 5.41) is 4.37. The lowest BCUT2D eigenvalue weighted by Gasteiger charge is -2.31. The smallest absolute Gasteiger partial charge is 0.259 e. The van der Waals surface area contributed by atoms with E-state index in [0.717, 1.165) is 11.1 Å². The van der Waals surface area contributed by atoms with Crippen LogP contribution in [0.15, 0.2) is 42.7 Å². The number of rotatable bonds is 3. The molecule has 2 aromatic heterocycles. The normalized spacial score (nSPS) is 15.3. The zero-order valence-corrected chi connectivity index (χ0v) is 15.6. The van der Waals surface area contributed by atoms with Gasteiger partial charge in [0.05, 0.1) is 5.69 Å². The molecule has 6 nitrogen and oxygen atoms in total. The Morgan fingerprint density at radius 2 is 1.78 bits per heavy atom. The van der Waals surface area contributed by atoms with Crippen molar-refractivity contribution >= 4 is 17.3 Å². The molecular formula is C21H22N4O2. The number of ketones is 1. The van der Waals surface area contributed by atoms with Gasteiger partial charge in [0.15, 0.2) is 11.4 Å². The van der Waals surface area contributed by atoms with Gasteiger partial charge in [-0.15, -0.1) is 0 Å². The summed E-state index contributed by atoms with van der Waals surface area (Å²) in [6.45, 7) is 4.99. The first kappa shape index (κ1) is 17.4. The van der Waals surface area contributed by atoms with Crippen LogP contribution in [0.4, 0.5) is 0 Å². The Kier molecular flexibility index (Phi) is 4.48. The lowest BCUT2D eigenvalue weighted by Crippen LogP contribution is -2.40. The number of Topliss-reactive ketones (excluding diaryl/α,β-unsaturated/α-hetero) is 1. The van der Waals surface area contributed by atoms with Crippen LogP contribution in [0, 0.1) is 19.8 Å². The monoisotopic (exact) mass is 362 g/mol. The molecule has 0 bridgehead atoms. The number of piperidine rings is 1. The fourth-order valence-electron chi connectivity index (χ4n) is 3.70. The average molecular weight is 362 g/mol. The highest BCUT2D eigenvalue weighted by Gasteiger charge is 2.30.